The molecule has 2 aromatic rings. The number of nitrogens with one attached hydrogen (secondary N) is 2. The van der Waals surface area contributed by atoms with Crippen LogP contribution in [0.1, 0.15) is 18.7 Å². The monoisotopic (exact) mass is 237 g/mol. The number of carbonyl (C=O) groups is 1. The van der Waals surface area contributed by atoms with E-state index in [4.69, 9.17) is 0 Å². The Balaban J connectivity index is 1.68. The number of thiophene rings is 1. The van der Waals surface area contributed by atoms with Crippen molar-refractivity contribution in [1.29, 1.82) is 0 Å². The van der Waals surface area contributed by atoms with Crippen LogP contribution in [0.4, 0.5) is 5.69 Å². The van der Waals surface area contributed by atoms with Gasteiger partial charge in [-0.3, -0.25) is 4.79 Å². The molecule has 2 heterocycles. The Morgan fingerprint density at radius 3 is 3.19 bits per heavy atom. The molecule has 6 nitrogen and oxygen atoms in total. The molecule has 0 spiro atoms. The summed E-state index contributed by atoms with van der Waals surface area (Å²) in [5.74, 6) is 0.658. The van der Waals surface area contributed by atoms with Gasteiger partial charge in [0, 0.05) is 18.2 Å². The van der Waals surface area contributed by atoms with E-state index in [-0.39, 0.29) is 5.91 Å². The van der Waals surface area contributed by atoms with E-state index in [1.54, 1.807) is 11.3 Å². The van der Waals surface area contributed by atoms with E-state index >= 15 is 0 Å². The van der Waals surface area contributed by atoms with Crippen LogP contribution in [-0.2, 0) is 11.2 Å². The van der Waals surface area contributed by atoms with Gasteiger partial charge in [0.1, 0.15) is 0 Å². The molecule has 0 unspecified atom stereocenters. The van der Waals surface area contributed by atoms with Gasteiger partial charge >= 0.3 is 0 Å². The van der Waals surface area contributed by atoms with Crippen molar-refractivity contribution in [1.82, 2.24) is 20.6 Å². The van der Waals surface area contributed by atoms with Gasteiger partial charge in [0.15, 0.2) is 5.82 Å². The zero-order chi connectivity index (χ0) is 11.2. The van der Waals surface area contributed by atoms with E-state index in [0.717, 1.165) is 12.1 Å². The second-order valence-electron chi connectivity index (χ2n) is 3.24. The number of amides is 1. The highest BCUT2D eigenvalue weighted by atomic mass is 32.1. The van der Waals surface area contributed by atoms with Crippen molar-refractivity contribution in [2.45, 2.75) is 19.3 Å². The number of rotatable bonds is 5. The molecule has 0 saturated carbocycles. The van der Waals surface area contributed by atoms with E-state index < -0.39 is 0 Å². The Labute approximate surface area is 96.1 Å². The Bertz CT molecular complexity index is 425. The molecule has 0 bridgehead atoms. The second-order valence-corrected chi connectivity index (χ2v) is 4.02. The SMILES string of the molecule is O=C(CCCc1nn[nH]n1)Nc1ccsc1. The number of aromatic amines is 1. The van der Waals surface area contributed by atoms with E-state index in [2.05, 4.69) is 25.9 Å². The van der Waals surface area contributed by atoms with Gasteiger partial charge in [-0.1, -0.05) is 5.21 Å². The first-order valence-corrected chi connectivity index (χ1v) is 5.83. The van der Waals surface area contributed by atoms with Gasteiger partial charge < -0.3 is 5.32 Å². The van der Waals surface area contributed by atoms with E-state index in [1.165, 1.54) is 0 Å². The van der Waals surface area contributed by atoms with Crippen molar-refractivity contribution in [3.63, 3.8) is 0 Å². The molecule has 84 valence electrons. The summed E-state index contributed by atoms with van der Waals surface area (Å²) in [5, 5.41) is 20.1. The van der Waals surface area contributed by atoms with Crippen molar-refractivity contribution in [2.75, 3.05) is 5.32 Å². The van der Waals surface area contributed by atoms with Crippen LogP contribution >= 0.6 is 11.3 Å². The normalized spacial score (nSPS) is 10.2. The van der Waals surface area contributed by atoms with E-state index in [1.807, 2.05) is 16.8 Å². The minimum absolute atomic E-state index is 0.0156. The summed E-state index contributed by atoms with van der Waals surface area (Å²) in [4.78, 5) is 11.5. The Morgan fingerprint density at radius 1 is 1.56 bits per heavy atom. The van der Waals surface area contributed by atoms with Crippen LogP contribution in [0.2, 0.25) is 0 Å². The fourth-order valence-electron chi connectivity index (χ4n) is 1.25. The summed E-state index contributed by atoms with van der Waals surface area (Å²) in [6, 6.07) is 1.88. The minimum atomic E-state index is 0.0156. The van der Waals surface area contributed by atoms with Gasteiger partial charge in [0.25, 0.3) is 0 Å². The molecule has 0 saturated heterocycles. The first-order valence-electron chi connectivity index (χ1n) is 4.89. The molecule has 0 aromatic carbocycles. The molecule has 2 aromatic heterocycles. The summed E-state index contributed by atoms with van der Waals surface area (Å²) in [6.45, 7) is 0. The zero-order valence-electron chi connectivity index (χ0n) is 8.51. The Hall–Kier alpha value is -1.76. The summed E-state index contributed by atoms with van der Waals surface area (Å²) in [7, 11) is 0. The van der Waals surface area contributed by atoms with Gasteiger partial charge in [-0.05, 0) is 17.9 Å². The quantitative estimate of drug-likeness (QED) is 0.819. The molecule has 2 rings (SSSR count). The lowest BCUT2D eigenvalue weighted by Crippen LogP contribution is -2.10. The third kappa shape index (κ3) is 3.13. The van der Waals surface area contributed by atoms with Crippen molar-refractivity contribution < 1.29 is 4.79 Å². The molecule has 2 N–H and O–H groups in total. The fraction of sp³-hybridized carbons (Fsp3) is 0.333. The van der Waals surface area contributed by atoms with Crippen molar-refractivity contribution >= 4 is 22.9 Å². The van der Waals surface area contributed by atoms with Crippen LogP contribution in [0, 0.1) is 0 Å². The van der Waals surface area contributed by atoms with Crippen LogP contribution in [0.25, 0.3) is 0 Å². The lowest BCUT2D eigenvalue weighted by molar-refractivity contribution is -0.116. The molecule has 7 heteroatoms. The zero-order valence-corrected chi connectivity index (χ0v) is 9.33. The molecular weight excluding hydrogens is 226 g/mol. The number of hydrogen-bond donors (Lipinski definition) is 2. The summed E-state index contributed by atoms with van der Waals surface area (Å²) >= 11 is 1.56. The smallest absolute Gasteiger partial charge is 0.224 e. The first kappa shape index (κ1) is 10.7. The van der Waals surface area contributed by atoms with Gasteiger partial charge in [0.2, 0.25) is 5.91 Å². The largest absolute Gasteiger partial charge is 0.325 e. The van der Waals surface area contributed by atoms with Crippen molar-refractivity contribution in [3.8, 4) is 0 Å². The molecular formula is C9H11N5OS. The average molecular weight is 237 g/mol. The molecule has 0 aliphatic rings. The van der Waals surface area contributed by atoms with Crippen LogP contribution < -0.4 is 5.32 Å². The number of tetrazole rings is 1. The second kappa shape index (κ2) is 5.36. The number of carbonyl (C=O) groups excluding carboxylic acids is 1. The van der Waals surface area contributed by atoms with Gasteiger partial charge in [-0.2, -0.15) is 16.6 Å². The highest BCUT2D eigenvalue weighted by Crippen LogP contribution is 2.12. The van der Waals surface area contributed by atoms with E-state index in [9.17, 15) is 4.79 Å². The van der Waals surface area contributed by atoms with Crippen LogP contribution in [0.5, 0.6) is 0 Å². The predicted octanol–water partition coefficient (Wildman–Crippen LogP) is 1.22. The molecule has 0 atom stereocenters. The van der Waals surface area contributed by atoms with Crippen molar-refractivity contribution in [3.05, 3.63) is 22.7 Å². The van der Waals surface area contributed by atoms with Gasteiger partial charge in [-0.25, -0.2) is 0 Å². The maximum absolute atomic E-state index is 11.5. The highest BCUT2D eigenvalue weighted by Gasteiger charge is 2.04. The number of hydrogen-bond acceptors (Lipinski definition) is 5. The summed E-state index contributed by atoms with van der Waals surface area (Å²) in [5.41, 5.74) is 0.856. The lowest BCUT2D eigenvalue weighted by Gasteiger charge is -2.00. The molecule has 0 fully saturated rings. The minimum Gasteiger partial charge on any atom is -0.325 e. The summed E-state index contributed by atoms with van der Waals surface area (Å²) < 4.78 is 0. The number of H-pyrrole nitrogens is 1. The third-order valence-electron chi connectivity index (χ3n) is 2.00. The van der Waals surface area contributed by atoms with Gasteiger partial charge in [-0.15, -0.1) is 10.2 Å². The summed E-state index contributed by atoms with van der Waals surface area (Å²) in [6.07, 6.45) is 1.84. The maximum Gasteiger partial charge on any atom is 0.224 e. The lowest BCUT2D eigenvalue weighted by atomic mass is 10.2. The Kier molecular flexibility index (Phi) is 3.60. The third-order valence-corrected chi connectivity index (χ3v) is 2.68. The van der Waals surface area contributed by atoms with Crippen LogP contribution in [0.3, 0.4) is 0 Å². The molecule has 16 heavy (non-hydrogen) atoms. The molecule has 0 radical (unpaired) electrons. The first-order chi connectivity index (χ1) is 7.84. The number of anilines is 1. The molecule has 1 amide bonds. The van der Waals surface area contributed by atoms with Crippen LogP contribution in [-0.4, -0.2) is 26.5 Å². The topological polar surface area (TPSA) is 83.6 Å². The maximum atomic E-state index is 11.5. The highest BCUT2D eigenvalue weighted by molar-refractivity contribution is 7.08. The van der Waals surface area contributed by atoms with Crippen molar-refractivity contribution in [2.24, 2.45) is 0 Å². The Morgan fingerprint density at radius 2 is 2.50 bits per heavy atom. The number of nitrogens with zero attached hydrogens (tertiary/aromatic N) is 3. The average Bonchev–Trinajstić information content (AvgIpc) is 2.90. The standard InChI is InChI=1S/C9H11N5OS/c15-9(10-7-4-5-16-6-7)3-1-2-8-11-13-14-12-8/h4-6H,1-3H2,(H,10,15)(H,11,12,13,14). The predicted molar refractivity (Wildman–Crippen MR) is 60.1 cm³/mol. The van der Waals surface area contributed by atoms with Crippen LogP contribution in [0.15, 0.2) is 16.8 Å². The van der Waals surface area contributed by atoms with Gasteiger partial charge in [0.05, 0.1) is 5.69 Å². The number of aryl methyl sites for hydroxylation is 1. The fourth-order valence-corrected chi connectivity index (χ4v) is 1.84. The number of aromatic nitrogens is 4. The van der Waals surface area contributed by atoms with E-state index in [0.29, 0.717) is 18.7 Å². The molecule has 0 aliphatic heterocycles. The molecule has 0 aliphatic carbocycles.